The normalized spacial score (nSPS) is 12.7. The molecule has 0 saturated heterocycles. The zero-order valence-electron chi connectivity index (χ0n) is 11.2. The van der Waals surface area contributed by atoms with Gasteiger partial charge in [-0.1, -0.05) is 12.1 Å². The lowest BCUT2D eigenvalue weighted by Gasteiger charge is -2.14. The third-order valence-corrected chi connectivity index (χ3v) is 3.41. The number of aryl methyl sites for hydroxylation is 1. The first-order valence-corrected chi connectivity index (χ1v) is 6.42. The van der Waals surface area contributed by atoms with E-state index in [9.17, 15) is 0 Å². The standard InChI is InChI=1S/C14H16N6/c1-20-13-5-3-2-4-10(13)18-14(20)8-11(19-15)12-9-16-6-7-17-12/h2-7,9,11,19H,8,15H2,1H3. The second-order valence-corrected chi connectivity index (χ2v) is 4.63. The van der Waals surface area contributed by atoms with Crippen LogP contribution >= 0.6 is 0 Å². The minimum absolute atomic E-state index is 0.112. The number of hydrazine groups is 1. The highest BCUT2D eigenvalue weighted by molar-refractivity contribution is 5.75. The van der Waals surface area contributed by atoms with Crippen LogP contribution < -0.4 is 11.3 Å². The summed E-state index contributed by atoms with van der Waals surface area (Å²) in [6, 6.07) is 7.94. The van der Waals surface area contributed by atoms with Crippen molar-refractivity contribution in [2.45, 2.75) is 12.5 Å². The van der Waals surface area contributed by atoms with Gasteiger partial charge in [0, 0.05) is 25.9 Å². The zero-order chi connectivity index (χ0) is 13.9. The predicted molar refractivity (Wildman–Crippen MR) is 76.5 cm³/mol. The molecular weight excluding hydrogens is 252 g/mol. The molecule has 6 heteroatoms. The largest absolute Gasteiger partial charge is 0.331 e. The van der Waals surface area contributed by atoms with Crippen LogP contribution in [0.15, 0.2) is 42.9 Å². The molecule has 102 valence electrons. The quantitative estimate of drug-likeness (QED) is 0.547. The van der Waals surface area contributed by atoms with Crippen LogP contribution in [0.2, 0.25) is 0 Å². The summed E-state index contributed by atoms with van der Waals surface area (Å²) in [5.41, 5.74) is 5.68. The van der Waals surface area contributed by atoms with Crippen LogP contribution in [0.25, 0.3) is 11.0 Å². The SMILES string of the molecule is Cn1c(CC(NN)c2cnccn2)nc2ccccc21. The van der Waals surface area contributed by atoms with Crippen molar-refractivity contribution in [1.82, 2.24) is 24.9 Å². The molecule has 20 heavy (non-hydrogen) atoms. The lowest BCUT2D eigenvalue weighted by molar-refractivity contribution is 0.518. The van der Waals surface area contributed by atoms with Crippen molar-refractivity contribution in [1.29, 1.82) is 0 Å². The van der Waals surface area contributed by atoms with Crippen molar-refractivity contribution in [3.05, 3.63) is 54.4 Å². The van der Waals surface area contributed by atoms with Gasteiger partial charge >= 0.3 is 0 Å². The highest BCUT2D eigenvalue weighted by atomic mass is 15.2. The summed E-state index contributed by atoms with van der Waals surface area (Å²) in [5, 5.41) is 0. The highest BCUT2D eigenvalue weighted by Crippen LogP contribution is 2.19. The molecule has 3 N–H and O–H groups in total. The molecule has 0 spiro atoms. The maximum atomic E-state index is 5.64. The van der Waals surface area contributed by atoms with Crippen LogP contribution in [0, 0.1) is 0 Å². The first kappa shape index (κ1) is 12.7. The fourth-order valence-corrected chi connectivity index (χ4v) is 2.30. The molecule has 3 aromatic rings. The molecule has 0 aliphatic heterocycles. The Labute approximate surface area is 116 Å². The fraction of sp³-hybridized carbons (Fsp3) is 0.214. The van der Waals surface area contributed by atoms with E-state index >= 15 is 0 Å². The van der Waals surface area contributed by atoms with Crippen molar-refractivity contribution in [2.75, 3.05) is 0 Å². The predicted octanol–water partition coefficient (Wildman–Crippen LogP) is 1.11. The van der Waals surface area contributed by atoms with E-state index in [1.165, 1.54) is 0 Å². The Bertz CT molecular complexity index is 706. The van der Waals surface area contributed by atoms with Gasteiger partial charge in [-0.15, -0.1) is 0 Å². The van der Waals surface area contributed by atoms with Crippen molar-refractivity contribution in [3.8, 4) is 0 Å². The summed E-state index contributed by atoms with van der Waals surface area (Å²) in [6.45, 7) is 0. The van der Waals surface area contributed by atoms with Crippen molar-refractivity contribution in [2.24, 2.45) is 12.9 Å². The van der Waals surface area contributed by atoms with Gasteiger partial charge in [-0.3, -0.25) is 21.2 Å². The van der Waals surface area contributed by atoms with Crippen LogP contribution in [0.5, 0.6) is 0 Å². The molecular formula is C14H16N6. The number of nitrogens with one attached hydrogen (secondary N) is 1. The number of hydrogen-bond donors (Lipinski definition) is 2. The van der Waals surface area contributed by atoms with Gasteiger partial charge in [-0.25, -0.2) is 4.98 Å². The minimum Gasteiger partial charge on any atom is -0.331 e. The first-order chi connectivity index (χ1) is 9.79. The summed E-state index contributed by atoms with van der Waals surface area (Å²) in [6.07, 6.45) is 5.67. The third kappa shape index (κ3) is 2.26. The Hall–Kier alpha value is -2.31. The first-order valence-electron chi connectivity index (χ1n) is 6.42. The smallest absolute Gasteiger partial charge is 0.111 e. The third-order valence-electron chi connectivity index (χ3n) is 3.41. The summed E-state index contributed by atoms with van der Waals surface area (Å²) >= 11 is 0. The van der Waals surface area contributed by atoms with Gasteiger partial charge in [0.05, 0.1) is 29.0 Å². The Balaban J connectivity index is 1.94. The maximum absolute atomic E-state index is 5.64. The van der Waals surface area contributed by atoms with Crippen LogP contribution in [0.4, 0.5) is 0 Å². The van der Waals surface area contributed by atoms with Gasteiger partial charge < -0.3 is 4.57 Å². The number of fused-ring (bicyclic) bond motifs is 1. The minimum atomic E-state index is -0.112. The number of nitrogens with zero attached hydrogens (tertiary/aromatic N) is 4. The van der Waals surface area contributed by atoms with Gasteiger partial charge in [0.15, 0.2) is 0 Å². The molecule has 0 fully saturated rings. The lowest BCUT2D eigenvalue weighted by atomic mass is 10.1. The van der Waals surface area contributed by atoms with E-state index < -0.39 is 0 Å². The van der Waals surface area contributed by atoms with E-state index in [0.29, 0.717) is 6.42 Å². The molecule has 0 bridgehead atoms. The zero-order valence-corrected chi connectivity index (χ0v) is 11.2. The molecule has 0 aliphatic carbocycles. The van der Waals surface area contributed by atoms with Crippen LogP contribution in [0.3, 0.4) is 0 Å². The number of benzene rings is 1. The van der Waals surface area contributed by atoms with Crippen LogP contribution in [-0.2, 0) is 13.5 Å². The average molecular weight is 268 g/mol. The monoisotopic (exact) mass is 268 g/mol. The summed E-state index contributed by atoms with van der Waals surface area (Å²) in [7, 11) is 2.01. The molecule has 3 rings (SSSR count). The number of imidazole rings is 1. The van der Waals surface area contributed by atoms with Gasteiger partial charge in [0.25, 0.3) is 0 Å². The molecule has 2 heterocycles. The molecule has 1 unspecified atom stereocenters. The average Bonchev–Trinajstić information content (AvgIpc) is 2.82. The van der Waals surface area contributed by atoms with E-state index in [2.05, 4.69) is 31.0 Å². The maximum Gasteiger partial charge on any atom is 0.111 e. The van der Waals surface area contributed by atoms with Crippen LogP contribution in [0.1, 0.15) is 17.6 Å². The van der Waals surface area contributed by atoms with E-state index in [4.69, 9.17) is 5.84 Å². The molecule has 1 atom stereocenters. The Morgan fingerprint density at radius 2 is 2.15 bits per heavy atom. The van der Waals surface area contributed by atoms with Gasteiger partial charge in [-0.2, -0.15) is 0 Å². The summed E-state index contributed by atoms with van der Waals surface area (Å²) in [4.78, 5) is 13.0. The van der Waals surface area contributed by atoms with E-state index in [1.54, 1.807) is 18.6 Å². The summed E-state index contributed by atoms with van der Waals surface area (Å²) < 4.78 is 2.08. The molecule has 0 aliphatic rings. The molecule has 0 amide bonds. The number of nitrogens with two attached hydrogens (primary N) is 1. The second kappa shape index (κ2) is 5.36. The van der Waals surface area contributed by atoms with Crippen molar-refractivity contribution in [3.63, 3.8) is 0 Å². The van der Waals surface area contributed by atoms with Crippen molar-refractivity contribution >= 4 is 11.0 Å². The fourth-order valence-electron chi connectivity index (χ4n) is 2.30. The Kier molecular flexibility index (Phi) is 3.41. The number of para-hydroxylation sites is 2. The number of rotatable bonds is 4. The Morgan fingerprint density at radius 1 is 1.30 bits per heavy atom. The van der Waals surface area contributed by atoms with E-state index in [1.807, 2.05) is 25.2 Å². The molecule has 0 saturated carbocycles. The van der Waals surface area contributed by atoms with Gasteiger partial charge in [0.1, 0.15) is 5.82 Å². The van der Waals surface area contributed by atoms with Gasteiger partial charge in [0.2, 0.25) is 0 Å². The number of aromatic nitrogens is 4. The second-order valence-electron chi connectivity index (χ2n) is 4.63. The van der Waals surface area contributed by atoms with E-state index in [-0.39, 0.29) is 6.04 Å². The molecule has 0 radical (unpaired) electrons. The van der Waals surface area contributed by atoms with Gasteiger partial charge in [-0.05, 0) is 12.1 Å². The Morgan fingerprint density at radius 3 is 2.85 bits per heavy atom. The molecule has 2 aromatic heterocycles. The van der Waals surface area contributed by atoms with Crippen molar-refractivity contribution < 1.29 is 0 Å². The van der Waals surface area contributed by atoms with Crippen LogP contribution in [-0.4, -0.2) is 19.5 Å². The lowest BCUT2D eigenvalue weighted by Crippen LogP contribution is -2.31. The number of hydrogen-bond acceptors (Lipinski definition) is 5. The molecule has 1 aromatic carbocycles. The van der Waals surface area contributed by atoms with E-state index in [0.717, 1.165) is 22.6 Å². The molecule has 6 nitrogen and oxygen atoms in total. The summed E-state index contributed by atoms with van der Waals surface area (Å²) in [5.74, 6) is 6.60. The topological polar surface area (TPSA) is 81.7 Å². The highest BCUT2D eigenvalue weighted by Gasteiger charge is 2.16.